The first kappa shape index (κ1) is 10.8. The lowest BCUT2D eigenvalue weighted by atomic mass is 10.2. The Hall–Kier alpha value is -0.730. The minimum atomic E-state index is 0.552. The van der Waals surface area contributed by atoms with Gasteiger partial charge >= 0.3 is 0 Å². The summed E-state index contributed by atoms with van der Waals surface area (Å²) < 4.78 is 2.43. The summed E-state index contributed by atoms with van der Waals surface area (Å²) in [6.07, 6.45) is 4.60. The first-order valence-electron chi connectivity index (χ1n) is 5.43. The number of hydrogen-bond donors (Lipinski definition) is 0. The van der Waals surface area contributed by atoms with E-state index in [0.29, 0.717) is 6.04 Å². The molecular formula is C13H17NS. The van der Waals surface area contributed by atoms with E-state index in [1.54, 1.807) is 0 Å². The third kappa shape index (κ3) is 2.64. The van der Waals surface area contributed by atoms with Gasteiger partial charge in [-0.25, -0.2) is 4.31 Å². The molecule has 1 aromatic rings. The fourth-order valence-corrected chi connectivity index (χ4v) is 2.93. The first-order valence-corrected chi connectivity index (χ1v) is 6.21. The summed E-state index contributed by atoms with van der Waals surface area (Å²) in [5.74, 6) is 0. The summed E-state index contributed by atoms with van der Waals surface area (Å²) in [4.78, 5) is 1.33. The molecule has 1 heterocycles. The van der Waals surface area contributed by atoms with Gasteiger partial charge in [-0.2, -0.15) is 0 Å². The molecule has 0 radical (unpaired) electrons. The van der Waals surface area contributed by atoms with Crippen LogP contribution >= 0.6 is 11.9 Å². The molecule has 0 bridgehead atoms. The van der Waals surface area contributed by atoms with Gasteiger partial charge in [0.2, 0.25) is 0 Å². The number of benzene rings is 1. The zero-order valence-corrected chi connectivity index (χ0v) is 9.96. The maximum Gasteiger partial charge on any atom is 0.0383 e. The minimum absolute atomic E-state index is 0.552. The van der Waals surface area contributed by atoms with Crippen molar-refractivity contribution in [1.29, 1.82) is 0 Å². The van der Waals surface area contributed by atoms with Gasteiger partial charge in [-0.05, 0) is 43.8 Å². The van der Waals surface area contributed by atoms with Crippen molar-refractivity contribution >= 4 is 11.9 Å². The number of rotatable bonds is 3. The Kier molecular flexibility index (Phi) is 3.49. The van der Waals surface area contributed by atoms with Crippen molar-refractivity contribution < 1.29 is 0 Å². The molecular weight excluding hydrogens is 202 g/mol. The monoisotopic (exact) mass is 219 g/mol. The molecule has 0 aromatic heterocycles. The second-order valence-electron chi connectivity index (χ2n) is 3.99. The van der Waals surface area contributed by atoms with E-state index < -0.39 is 0 Å². The summed E-state index contributed by atoms with van der Waals surface area (Å²) in [6.45, 7) is 7.19. The van der Waals surface area contributed by atoms with Crippen molar-refractivity contribution in [2.75, 3.05) is 6.54 Å². The fourth-order valence-electron chi connectivity index (χ4n) is 1.85. The van der Waals surface area contributed by atoms with Gasteiger partial charge in [0.25, 0.3) is 0 Å². The highest BCUT2D eigenvalue weighted by molar-refractivity contribution is 7.97. The highest BCUT2D eigenvalue weighted by atomic mass is 32.2. The van der Waals surface area contributed by atoms with Crippen LogP contribution in [-0.4, -0.2) is 16.9 Å². The fraction of sp³-hybridized carbons (Fsp3) is 0.385. The molecule has 0 saturated carbocycles. The molecule has 1 fully saturated rings. The molecule has 0 N–H and O–H groups in total. The molecule has 2 heteroatoms. The van der Waals surface area contributed by atoms with Crippen LogP contribution in [0.25, 0.3) is 0 Å². The third-order valence-corrected chi connectivity index (χ3v) is 3.93. The molecule has 2 rings (SSSR count). The van der Waals surface area contributed by atoms with E-state index in [9.17, 15) is 0 Å². The lowest BCUT2D eigenvalue weighted by molar-refractivity contribution is 0.506. The molecule has 1 nitrogen and oxygen atoms in total. The largest absolute Gasteiger partial charge is 0.240 e. The van der Waals surface area contributed by atoms with Crippen molar-refractivity contribution in [3.05, 3.63) is 42.5 Å². The Morgan fingerprint density at radius 3 is 2.80 bits per heavy atom. The number of nitrogens with zero attached hydrogens (tertiary/aromatic N) is 1. The average Bonchev–Trinajstić information content (AvgIpc) is 2.69. The normalized spacial score (nSPS) is 21.8. The van der Waals surface area contributed by atoms with Crippen LogP contribution in [0.15, 0.2) is 41.8 Å². The Labute approximate surface area is 96.3 Å². The van der Waals surface area contributed by atoms with E-state index in [1.807, 2.05) is 11.9 Å². The zero-order chi connectivity index (χ0) is 10.7. The molecule has 0 amide bonds. The van der Waals surface area contributed by atoms with Crippen molar-refractivity contribution in [2.24, 2.45) is 0 Å². The van der Waals surface area contributed by atoms with Gasteiger partial charge in [0, 0.05) is 17.5 Å². The first-order chi connectivity index (χ1) is 7.29. The zero-order valence-electron chi connectivity index (χ0n) is 9.15. The van der Waals surface area contributed by atoms with Crippen molar-refractivity contribution in [1.82, 2.24) is 4.31 Å². The molecule has 1 aliphatic heterocycles. The maximum absolute atomic E-state index is 3.89. The van der Waals surface area contributed by atoms with Crippen LogP contribution in [0, 0.1) is 6.92 Å². The number of aryl methyl sites for hydroxylation is 1. The van der Waals surface area contributed by atoms with Gasteiger partial charge in [-0.3, -0.25) is 0 Å². The average molecular weight is 219 g/mol. The molecule has 0 aliphatic carbocycles. The SMILES string of the molecule is C=CC1CCCN1Sc1ccc(C)cc1. The predicted octanol–water partition coefficient (Wildman–Crippen LogP) is 3.65. The quantitative estimate of drug-likeness (QED) is 0.564. The molecule has 1 aliphatic rings. The summed E-state index contributed by atoms with van der Waals surface area (Å²) in [7, 11) is 0. The standard InChI is InChI=1S/C13H17NS/c1-3-12-5-4-10-14(12)15-13-8-6-11(2)7-9-13/h3,6-9,12H,1,4-5,10H2,2H3. The Morgan fingerprint density at radius 1 is 1.40 bits per heavy atom. The van der Waals surface area contributed by atoms with Gasteiger partial charge in [0.15, 0.2) is 0 Å². The van der Waals surface area contributed by atoms with Crippen LogP contribution in [0.2, 0.25) is 0 Å². The van der Waals surface area contributed by atoms with E-state index in [2.05, 4.69) is 48.1 Å². The van der Waals surface area contributed by atoms with Crippen LogP contribution < -0.4 is 0 Å². The molecule has 15 heavy (non-hydrogen) atoms. The summed E-state index contributed by atoms with van der Waals surface area (Å²) in [5, 5.41) is 0. The van der Waals surface area contributed by atoms with Gasteiger partial charge in [-0.1, -0.05) is 23.8 Å². The van der Waals surface area contributed by atoms with Crippen molar-refractivity contribution in [3.63, 3.8) is 0 Å². The van der Waals surface area contributed by atoms with Crippen molar-refractivity contribution in [2.45, 2.75) is 30.7 Å². The van der Waals surface area contributed by atoms with E-state index in [4.69, 9.17) is 0 Å². The smallest absolute Gasteiger partial charge is 0.0383 e. The van der Waals surface area contributed by atoms with Gasteiger partial charge in [0.05, 0.1) is 0 Å². The second kappa shape index (κ2) is 4.86. The summed E-state index contributed by atoms with van der Waals surface area (Å²) in [5.41, 5.74) is 1.32. The summed E-state index contributed by atoms with van der Waals surface area (Å²) in [6, 6.07) is 9.27. The topological polar surface area (TPSA) is 3.24 Å². The van der Waals surface area contributed by atoms with E-state index in [-0.39, 0.29) is 0 Å². The minimum Gasteiger partial charge on any atom is -0.240 e. The van der Waals surface area contributed by atoms with E-state index >= 15 is 0 Å². The molecule has 80 valence electrons. The Bertz CT molecular complexity index is 331. The predicted molar refractivity (Wildman–Crippen MR) is 67.0 cm³/mol. The molecule has 1 saturated heterocycles. The molecule has 1 unspecified atom stereocenters. The van der Waals surface area contributed by atoms with Crippen molar-refractivity contribution in [3.8, 4) is 0 Å². The van der Waals surface area contributed by atoms with Gasteiger partial charge in [-0.15, -0.1) is 6.58 Å². The summed E-state index contributed by atoms with van der Waals surface area (Å²) >= 11 is 1.85. The van der Waals surface area contributed by atoms with Crippen LogP contribution in [0.5, 0.6) is 0 Å². The van der Waals surface area contributed by atoms with E-state index in [1.165, 1.54) is 29.8 Å². The highest BCUT2D eigenvalue weighted by Crippen LogP contribution is 2.31. The van der Waals surface area contributed by atoms with Crippen LogP contribution in [0.4, 0.5) is 0 Å². The highest BCUT2D eigenvalue weighted by Gasteiger charge is 2.22. The van der Waals surface area contributed by atoms with Crippen LogP contribution in [0.3, 0.4) is 0 Å². The van der Waals surface area contributed by atoms with Crippen LogP contribution in [-0.2, 0) is 0 Å². The lowest BCUT2D eigenvalue weighted by Crippen LogP contribution is -2.19. The number of hydrogen-bond acceptors (Lipinski definition) is 2. The van der Waals surface area contributed by atoms with Gasteiger partial charge < -0.3 is 0 Å². The van der Waals surface area contributed by atoms with Crippen LogP contribution in [0.1, 0.15) is 18.4 Å². The molecule has 0 spiro atoms. The lowest BCUT2D eigenvalue weighted by Gasteiger charge is -2.19. The molecule has 1 atom stereocenters. The third-order valence-electron chi connectivity index (χ3n) is 2.76. The van der Waals surface area contributed by atoms with E-state index in [0.717, 1.165) is 0 Å². The Balaban J connectivity index is 2.02. The molecule has 1 aromatic carbocycles. The Morgan fingerprint density at radius 2 is 2.13 bits per heavy atom. The van der Waals surface area contributed by atoms with Gasteiger partial charge in [0.1, 0.15) is 0 Å². The maximum atomic E-state index is 3.89. The second-order valence-corrected chi connectivity index (χ2v) is 5.11.